The van der Waals surface area contributed by atoms with Gasteiger partial charge in [-0.2, -0.15) is 0 Å². The van der Waals surface area contributed by atoms with E-state index in [1.54, 1.807) is 14.1 Å². The number of amides is 1. The first-order valence-electron chi connectivity index (χ1n) is 4.29. The van der Waals surface area contributed by atoms with Crippen LogP contribution < -0.4 is 0 Å². The van der Waals surface area contributed by atoms with E-state index in [1.165, 1.54) is 16.7 Å². The molecule has 0 radical (unpaired) electrons. The van der Waals surface area contributed by atoms with Crippen LogP contribution in [0.3, 0.4) is 0 Å². The second-order valence-electron chi connectivity index (χ2n) is 3.31. The number of rotatable bonds is 5. The summed E-state index contributed by atoms with van der Waals surface area (Å²) in [5.74, 6) is 0.0193. The summed E-state index contributed by atoms with van der Waals surface area (Å²) in [5, 5.41) is 0.154. The summed E-state index contributed by atoms with van der Waals surface area (Å²) in [6.07, 6.45) is 1.11. The van der Waals surface area contributed by atoms with Gasteiger partial charge < -0.3 is 9.69 Å². The average Bonchev–Trinajstić information content (AvgIpc) is 2.01. The van der Waals surface area contributed by atoms with Gasteiger partial charge in [-0.3, -0.25) is 4.79 Å². The summed E-state index contributed by atoms with van der Waals surface area (Å²) < 4.78 is 0. The Bertz CT molecular complexity index is 180. The van der Waals surface area contributed by atoms with Crippen molar-refractivity contribution < 1.29 is 9.59 Å². The summed E-state index contributed by atoms with van der Waals surface area (Å²) in [7, 11) is 3.42. The van der Waals surface area contributed by atoms with E-state index in [0.717, 1.165) is 6.29 Å². The molecule has 0 spiro atoms. The third kappa shape index (κ3) is 4.93. The average molecular weight is 203 g/mol. The Morgan fingerprint density at radius 1 is 1.46 bits per heavy atom. The van der Waals surface area contributed by atoms with Crippen LogP contribution in [0.4, 0.5) is 0 Å². The van der Waals surface area contributed by atoms with Crippen molar-refractivity contribution in [1.82, 2.24) is 4.90 Å². The first kappa shape index (κ1) is 12.5. The molecule has 4 heteroatoms. The fraction of sp³-hybridized carbons (Fsp3) is 0.778. The van der Waals surface area contributed by atoms with Gasteiger partial charge in [0.05, 0.1) is 5.25 Å². The lowest BCUT2D eigenvalue weighted by Crippen LogP contribution is -2.32. The standard InChI is InChI=1S/C9H17NO2S/c1-7(2)13-8(5-6-11)9(12)10(3)4/h6-8H,5H2,1-4H3. The van der Waals surface area contributed by atoms with Gasteiger partial charge in [-0.1, -0.05) is 13.8 Å². The van der Waals surface area contributed by atoms with Crippen molar-refractivity contribution in [3.63, 3.8) is 0 Å². The zero-order valence-electron chi connectivity index (χ0n) is 8.61. The summed E-state index contributed by atoms with van der Waals surface area (Å²) in [6.45, 7) is 4.04. The fourth-order valence-corrected chi connectivity index (χ4v) is 2.09. The second-order valence-corrected chi connectivity index (χ2v) is 5.09. The predicted octanol–water partition coefficient (Wildman–Crippen LogP) is 1.17. The van der Waals surface area contributed by atoms with E-state index in [9.17, 15) is 9.59 Å². The monoisotopic (exact) mass is 203 g/mol. The molecular formula is C9H17NO2S. The topological polar surface area (TPSA) is 37.4 Å². The van der Waals surface area contributed by atoms with Crippen molar-refractivity contribution in [3.05, 3.63) is 0 Å². The molecule has 0 aromatic heterocycles. The van der Waals surface area contributed by atoms with Gasteiger partial charge in [0.1, 0.15) is 6.29 Å². The predicted molar refractivity (Wildman–Crippen MR) is 55.9 cm³/mol. The maximum Gasteiger partial charge on any atom is 0.235 e. The van der Waals surface area contributed by atoms with Gasteiger partial charge in [-0.05, 0) is 5.25 Å². The molecule has 0 saturated heterocycles. The van der Waals surface area contributed by atoms with E-state index in [-0.39, 0.29) is 11.2 Å². The highest BCUT2D eigenvalue weighted by atomic mass is 32.2. The third-order valence-corrected chi connectivity index (χ3v) is 2.73. The minimum atomic E-state index is -0.215. The molecule has 0 aliphatic heterocycles. The smallest absolute Gasteiger partial charge is 0.235 e. The van der Waals surface area contributed by atoms with Gasteiger partial charge in [-0.15, -0.1) is 11.8 Å². The zero-order valence-corrected chi connectivity index (χ0v) is 9.43. The van der Waals surface area contributed by atoms with E-state index >= 15 is 0 Å². The quantitative estimate of drug-likeness (QED) is 0.630. The lowest BCUT2D eigenvalue weighted by atomic mass is 10.3. The molecule has 0 aromatic rings. The largest absolute Gasteiger partial charge is 0.348 e. The Morgan fingerprint density at radius 3 is 2.31 bits per heavy atom. The summed E-state index contributed by atoms with van der Waals surface area (Å²) >= 11 is 1.54. The van der Waals surface area contributed by atoms with Crippen LogP contribution in [0.2, 0.25) is 0 Å². The first-order valence-corrected chi connectivity index (χ1v) is 5.23. The van der Waals surface area contributed by atoms with Gasteiger partial charge in [0, 0.05) is 20.5 Å². The molecule has 76 valence electrons. The Hall–Kier alpha value is -0.510. The molecule has 0 N–H and O–H groups in total. The molecule has 0 aliphatic carbocycles. The lowest BCUT2D eigenvalue weighted by Gasteiger charge is -2.19. The van der Waals surface area contributed by atoms with Gasteiger partial charge in [0.15, 0.2) is 0 Å². The number of nitrogens with zero attached hydrogens (tertiary/aromatic N) is 1. The summed E-state index contributed by atoms with van der Waals surface area (Å²) in [6, 6.07) is 0. The number of thioether (sulfide) groups is 1. The van der Waals surface area contributed by atoms with Gasteiger partial charge in [0.25, 0.3) is 0 Å². The van der Waals surface area contributed by atoms with Crippen molar-refractivity contribution in [1.29, 1.82) is 0 Å². The molecule has 0 saturated carbocycles. The highest BCUT2D eigenvalue weighted by Gasteiger charge is 2.21. The van der Waals surface area contributed by atoms with Crippen LogP contribution in [0.5, 0.6) is 0 Å². The molecule has 0 aliphatic rings. The Labute approximate surface area is 83.9 Å². The Morgan fingerprint density at radius 2 is 2.00 bits per heavy atom. The molecule has 13 heavy (non-hydrogen) atoms. The maximum atomic E-state index is 11.5. The van der Waals surface area contributed by atoms with Crippen LogP contribution in [0, 0.1) is 0 Å². The van der Waals surface area contributed by atoms with Crippen LogP contribution in [-0.2, 0) is 9.59 Å². The van der Waals surface area contributed by atoms with Crippen molar-refractivity contribution in [3.8, 4) is 0 Å². The first-order chi connectivity index (χ1) is 5.99. The summed E-state index contributed by atoms with van der Waals surface area (Å²) in [4.78, 5) is 23.4. The van der Waals surface area contributed by atoms with Crippen molar-refractivity contribution in [2.45, 2.75) is 30.8 Å². The highest BCUT2D eigenvalue weighted by Crippen LogP contribution is 2.20. The fourth-order valence-electron chi connectivity index (χ4n) is 0.918. The van der Waals surface area contributed by atoms with Crippen LogP contribution in [0.25, 0.3) is 0 Å². The Kier molecular flexibility index (Phi) is 5.79. The molecule has 1 unspecified atom stereocenters. The molecule has 0 fully saturated rings. The van der Waals surface area contributed by atoms with Crippen molar-refractivity contribution in [2.75, 3.05) is 14.1 Å². The third-order valence-electron chi connectivity index (χ3n) is 1.46. The van der Waals surface area contributed by atoms with E-state index in [2.05, 4.69) is 0 Å². The maximum absolute atomic E-state index is 11.5. The molecule has 3 nitrogen and oxygen atoms in total. The number of hydrogen-bond donors (Lipinski definition) is 0. The molecule has 1 atom stereocenters. The molecule has 0 aromatic carbocycles. The molecule has 0 bridgehead atoms. The van der Waals surface area contributed by atoms with E-state index in [1.807, 2.05) is 13.8 Å². The number of hydrogen-bond acceptors (Lipinski definition) is 3. The van der Waals surface area contributed by atoms with Gasteiger partial charge in [0.2, 0.25) is 5.91 Å². The van der Waals surface area contributed by atoms with E-state index in [0.29, 0.717) is 11.7 Å². The van der Waals surface area contributed by atoms with Crippen molar-refractivity contribution >= 4 is 24.0 Å². The number of carbonyl (C=O) groups is 2. The highest BCUT2D eigenvalue weighted by molar-refractivity contribution is 8.01. The van der Waals surface area contributed by atoms with Gasteiger partial charge >= 0.3 is 0 Å². The van der Waals surface area contributed by atoms with Crippen LogP contribution >= 0.6 is 11.8 Å². The van der Waals surface area contributed by atoms with E-state index in [4.69, 9.17) is 0 Å². The molecule has 0 rings (SSSR count). The minimum Gasteiger partial charge on any atom is -0.348 e. The Balaban J connectivity index is 4.23. The zero-order chi connectivity index (χ0) is 10.4. The number of aldehydes is 1. The molecule has 0 heterocycles. The normalized spacial score (nSPS) is 12.7. The van der Waals surface area contributed by atoms with Crippen LogP contribution in [0.1, 0.15) is 20.3 Å². The lowest BCUT2D eigenvalue weighted by molar-refractivity contribution is -0.129. The molecule has 1 amide bonds. The van der Waals surface area contributed by atoms with E-state index < -0.39 is 0 Å². The second kappa shape index (κ2) is 6.02. The SMILES string of the molecule is CC(C)SC(CC=O)C(=O)N(C)C. The van der Waals surface area contributed by atoms with Crippen LogP contribution in [-0.4, -0.2) is 41.7 Å². The van der Waals surface area contributed by atoms with Crippen molar-refractivity contribution in [2.24, 2.45) is 0 Å². The van der Waals surface area contributed by atoms with Crippen LogP contribution in [0.15, 0.2) is 0 Å². The summed E-state index contributed by atoms with van der Waals surface area (Å²) in [5.41, 5.74) is 0. The van der Waals surface area contributed by atoms with Gasteiger partial charge in [-0.25, -0.2) is 0 Å². The minimum absolute atomic E-state index is 0.0193. The number of carbonyl (C=O) groups excluding carboxylic acids is 2. The molecular weight excluding hydrogens is 186 g/mol.